The Morgan fingerprint density at radius 1 is 1.47 bits per heavy atom. The van der Waals surface area contributed by atoms with Crippen molar-refractivity contribution in [2.75, 3.05) is 19.7 Å². The van der Waals surface area contributed by atoms with E-state index in [1.54, 1.807) is 12.1 Å². The van der Waals surface area contributed by atoms with Crippen LogP contribution in [-0.2, 0) is 0 Å². The second kappa shape index (κ2) is 6.36. The summed E-state index contributed by atoms with van der Waals surface area (Å²) in [7, 11) is 0. The standard InChI is InChI=1S/C13H17BrFNO/c14-12-8-11(3-4-13(12)15)17-7-5-10-2-1-6-16-9-10/h3-4,8,10,16H,1-2,5-7,9H2. The molecule has 94 valence electrons. The predicted octanol–water partition coefficient (Wildman–Crippen LogP) is 3.36. The summed E-state index contributed by atoms with van der Waals surface area (Å²) in [4.78, 5) is 0. The number of ether oxygens (including phenoxy) is 1. The molecule has 0 bridgehead atoms. The van der Waals surface area contributed by atoms with Gasteiger partial charge in [-0.25, -0.2) is 4.39 Å². The van der Waals surface area contributed by atoms with Crippen molar-refractivity contribution >= 4 is 15.9 Å². The second-order valence-electron chi connectivity index (χ2n) is 4.43. The van der Waals surface area contributed by atoms with E-state index in [0.29, 0.717) is 17.0 Å². The summed E-state index contributed by atoms with van der Waals surface area (Å²) in [6.07, 6.45) is 3.60. The van der Waals surface area contributed by atoms with E-state index in [9.17, 15) is 4.39 Å². The molecule has 0 amide bonds. The Bertz CT molecular complexity index is 366. The Hall–Kier alpha value is -0.610. The van der Waals surface area contributed by atoms with Crippen LogP contribution in [-0.4, -0.2) is 19.7 Å². The smallest absolute Gasteiger partial charge is 0.137 e. The normalized spacial score (nSPS) is 20.2. The lowest BCUT2D eigenvalue weighted by atomic mass is 9.97. The average molecular weight is 302 g/mol. The fraction of sp³-hybridized carbons (Fsp3) is 0.538. The fourth-order valence-electron chi connectivity index (χ4n) is 2.08. The van der Waals surface area contributed by atoms with Crippen LogP contribution in [0.3, 0.4) is 0 Å². The van der Waals surface area contributed by atoms with E-state index in [4.69, 9.17) is 4.74 Å². The zero-order valence-corrected chi connectivity index (χ0v) is 11.3. The molecule has 0 saturated carbocycles. The van der Waals surface area contributed by atoms with Gasteiger partial charge in [0.25, 0.3) is 0 Å². The highest BCUT2D eigenvalue weighted by atomic mass is 79.9. The molecule has 1 N–H and O–H groups in total. The molecule has 4 heteroatoms. The maximum absolute atomic E-state index is 13.0. The number of nitrogens with one attached hydrogen (secondary N) is 1. The van der Waals surface area contributed by atoms with Gasteiger partial charge in [0.2, 0.25) is 0 Å². The lowest BCUT2D eigenvalue weighted by molar-refractivity contribution is 0.254. The van der Waals surface area contributed by atoms with Gasteiger partial charge in [-0.2, -0.15) is 0 Å². The minimum atomic E-state index is -0.256. The number of piperidine rings is 1. The molecule has 1 aliphatic rings. The molecule has 2 rings (SSSR count). The summed E-state index contributed by atoms with van der Waals surface area (Å²) in [5.74, 6) is 1.18. The van der Waals surface area contributed by atoms with Gasteiger partial charge in [0, 0.05) is 0 Å². The fourth-order valence-corrected chi connectivity index (χ4v) is 2.44. The molecule has 0 aromatic heterocycles. The highest BCUT2D eigenvalue weighted by molar-refractivity contribution is 9.10. The van der Waals surface area contributed by atoms with Gasteiger partial charge in [0.1, 0.15) is 11.6 Å². The molecule has 1 saturated heterocycles. The van der Waals surface area contributed by atoms with Gasteiger partial charge in [-0.05, 0) is 72.4 Å². The zero-order chi connectivity index (χ0) is 12.1. The lowest BCUT2D eigenvalue weighted by Crippen LogP contribution is -2.30. The van der Waals surface area contributed by atoms with Crippen LogP contribution in [0.15, 0.2) is 22.7 Å². The highest BCUT2D eigenvalue weighted by Crippen LogP contribution is 2.22. The first-order valence-electron chi connectivity index (χ1n) is 6.04. The van der Waals surface area contributed by atoms with Gasteiger partial charge in [0.05, 0.1) is 11.1 Å². The van der Waals surface area contributed by atoms with Gasteiger partial charge in [-0.1, -0.05) is 0 Å². The number of halogens is 2. The first kappa shape index (κ1) is 12.8. The van der Waals surface area contributed by atoms with Crippen LogP contribution in [0, 0.1) is 11.7 Å². The molecule has 17 heavy (non-hydrogen) atoms. The molecule has 1 aromatic rings. The Balaban J connectivity index is 1.75. The topological polar surface area (TPSA) is 21.3 Å². The van der Waals surface area contributed by atoms with Crippen molar-refractivity contribution in [1.82, 2.24) is 5.32 Å². The quantitative estimate of drug-likeness (QED) is 0.921. The van der Waals surface area contributed by atoms with Crippen LogP contribution in [0.25, 0.3) is 0 Å². The molecule has 0 radical (unpaired) electrons. The van der Waals surface area contributed by atoms with Crippen molar-refractivity contribution in [3.8, 4) is 5.75 Å². The van der Waals surface area contributed by atoms with E-state index in [1.165, 1.54) is 18.9 Å². The molecule has 1 aliphatic heterocycles. The maximum Gasteiger partial charge on any atom is 0.137 e. The maximum atomic E-state index is 13.0. The molecule has 1 aromatic carbocycles. The minimum Gasteiger partial charge on any atom is -0.494 e. The van der Waals surface area contributed by atoms with Crippen molar-refractivity contribution in [3.05, 3.63) is 28.5 Å². The molecule has 0 aliphatic carbocycles. The van der Waals surface area contributed by atoms with Gasteiger partial charge in [0.15, 0.2) is 0 Å². The molecule has 2 nitrogen and oxygen atoms in total. The SMILES string of the molecule is Fc1ccc(OCCC2CCCNC2)cc1Br. The van der Waals surface area contributed by atoms with Crippen LogP contribution >= 0.6 is 15.9 Å². The summed E-state index contributed by atoms with van der Waals surface area (Å²) < 4.78 is 19.1. The Labute approximate surface area is 110 Å². The molecular weight excluding hydrogens is 285 g/mol. The first-order valence-corrected chi connectivity index (χ1v) is 6.83. The summed E-state index contributed by atoms with van der Waals surface area (Å²) in [6.45, 7) is 2.93. The van der Waals surface area contributed by atoms with Crippen molar-refractivity contribution < 1.29 is 9.13 Å². The Morgan fingerprint density at radius 2 is 2.35 bits per heavy atom. The third kappa shape index (κ3) is 3.96. The second-order valence-corrected chi connectivity index (χ2v) is 5.28. The van der Waals surface area contributed by atoms with Gasteiger partial charge in [-0.3, -0.25) is 0 Å². The highest BCUT2D eigenvalue weighted by Gasteiger charge is 2.12. The third-order valence-electron chi connectivity index (χ3n) is 3.08. The van der Waals surface area contributed by atoms with Gasteiger partial charge in [-0.15, -0.1) is 0 Å². The number of rotatable bonds is 4. The summed E-state index contributed by atoms with van der Waals surface area (Å²) >= 11 is 3.15. The van der Waals surface area contributed by atoms with Crippen LogP contribution in [0.2, 0.25) is 0 Å². The van der Waals surface area contributed by atoms with Crippen LogP contribution in [0.1, 0.15) is 19.3 Å². The largest absolute Gasteiger partial charge is 0.494 e. The van der Waals surface area contributed by atoms with E-state index in [2.05, 4.69) is 21.2 Å². The summed E-state index contributed by atoms with van der Waals surface area (Å²) in [5, 5.41) is 3.39. The summed E-state index contributed by atoms with van der Waals surface area (Å²) in [6, 6.07) is 4.76. The molecule has 1 fully saturated rings. The average Bonchev–Trinajstić information content (AvgIpc) is 2.35. The van der Waals surface area contributed by atoms with Gasteiger partial charge >= 0.3 is 0 Å². The van der Waals surface area contributed by atoms with Crippen molar-refractivity contribution in [2.24, 2.45) is 5.92 Å². The minimum absolute atomic E-state index is 0.256. The molecular formula is C13H17BrFNO. The molecule has 0 spiro atoms. The van der Waals surface area contributed by atoms with E-state index < -0.39 is 0 Å². The van der Waals surface area contributed by atoms with Gasteiger partial charge < -0.3 is 10.1 Å². The third-order valence-corrected chi connectivity index (χ3v) is 3.69. The van der Waals surface area contributed by atoms with E-state index in [1.807, 2.05) is 0 Å². The Kier molecular flexibility index (Phi) is 4.80. The molecule has 1 heterocycles. The monoisotopic (exact) mass is 301 g/mol. The number of hydrogen-bond donors (Lipinski definition) is 1. The van der Waals surface area contributed by atoms with E-state index >= 15 is 0 Å². The number of hydrogen-bond acceptors (Lipinski definition) is 2. The van der Waals surface area contributed by atoms with Crippen molar-refractivity contribution in [2.45, 2.75) is 19.3 Å². The predicted molar refractivity (Wildman–Crippen MR) is 69.8 cm³/mol. The van der Waals surface area contributed by atoms with E-state index in [-0.39, 0.29) is 5.82 Å². The summed E-state index contributed by atoms with van der Waals surface area (Å²) in [5.41, 5.74) is 0. The number of benzene rings is 1. The van der Waals surface area contributed by atoms with Crippen molar-refractivity contribution in [3.63, 3.8) is 0 Å². The van der Waals surface area contributed by atoms with E-state index in [0.717, 1.165) is 25.3 Å². The zero-order valence-electron chi connectivity index (χ0n) is 9.72. The van der Waals surface area contributed by atoms with Crippen LogP contribution < -0.4 is 10.1 Å². The first-order chi connectivity index (χ1) is 8.25. The molecule has 1 unspecified atom stereocenters. The van der Waals surface area contributed by atoms with Crippen LogP contribution in [0.4, 0.5) is 4.39 Å². The molecule has 1 atom stereocenters. The van der Waals surface area contributed by atoms with Crippen molar-refractivity contribution in [1.29, 1.82) is 0 Å². The van der Waals surface area contributed by atoms with Crippen LogP contribution in [0.5, 0.6) is 5.75 Å². The lowest BCUT2D eigenvalue weighted by Gasteiger charge is -2.22. The Morgan fingerprint density at radius 3 is 3.06 bits per heavy atom.